The smallest absolute Gasteiger partial charge is 0.0718 e. The van der Waals surface area contributed by atoms with Gasteiger partial charge in [0.1, 0.15) is 0 Å². The average Bonchev–Trinajstić information content (AvgIpc) is 2.51. The lowest BCUT2D eigenvalue weighted by molar-refractivity contribution is 0.180. The second kappa shape index (κ2) is 6.80. The zero-order valence-electron chi connectivity index (χ0n) is 12.2. The Morgan fingerprint density at radius 1 is 1.00 bits per heavy atom. The number of hydrogen-bond acceptors (Lipinski definition) is 2. The van der Waals surface area contributed by atoms with Crippen LogP contribution in [0, 0.1) is 11.8 Å². The Labute approximate surface area is 127 Å². The maximum absolute atomic E-state index is 6.27. The van der Waals surface area contributed by atoms with Gasteiger partial charge in [-0.3, -0.25) is 4.98 Å². The lowest BCUT2D eigenvalue weighted by Gasteiger charge is -2.39. The van der Waals surface area contributed by atoms with E-state index in [1.807, 2.05) is 12.3 Å². The highest BCUT2D eigenvalue weighted by atomic mass is 35.5. The summed E-state index contributed by atoms with van der Waals surface area (Å²) < 4.78 is 0. The molecule has 2 aliphatic rings. The van der Waals surface area contributed by atoms with Gasteiger partial charge in [0.15, 0.2) is 0 Å². The van der Waals surface area contributed by atoms with Crippen LogP contribution in [-0.4, -0.2) is 11.0 Å². The van der Waals surface area contributed by atoms with Gasteiger partial charge in [-0.05, 0) is 30.7 Å². The largest absolute Gasteiger partial charge is 0.380 e. The van der Waals surface area contributed by atoms with Gasteiger partial charge in [0.2, 0.25) is 0 Å². The fourth-order valence-electron chi connectivity index (χ4n) is 4.15. The molecule has 1 N–H and O–H groups in total. The van der Waals surface area contributed by atoms with E-state index < -0.39 is 0 Å². The molecule has 1 aromatic rings. The van der Waals surface area contributed by atoms with Crippen LogP contribution in [0.3, 0.4) is 0 Å². The summed E-state index contributed by atoms with van der Waals surface area (Å²) in [7, 11) is 0. The van der Waals surface area contributed by atoms with Crippen LogP contribution in [0.15, 0.2) is 18.5 Å². The van der Waals surface area contributed by atoms with Gasteiger partial charge < -0.3 is 5.32 Å². The summed E-state index contributed by atoms with van der Waals surface area (Å²) in [5, 5.41) is 4.50. The maximum Gasteiger partial charge on any atom is 0.0718 e. The van der Waals surface area contributed by atoms with E-state index in [-0.39, 0.29) is 0 Å². The number of pyridine rings is 1. The molecule has 2 fully saturated rings. The molecule has 0 amide bonds. The first kappa shape index (κ1) is 14.2. The van der Waals surface area contributed by atoms with Gasteiger partial charge in [-0.2, -0.15) is 0 Å². The van der Waals surface area contributed by atoms with Crippen molar-refractivity contribution in [2.45, 2.75) is 63.8 Å². The monoisotopic (exact) mass is 292 g/mol. The Hall–Kier alpha value is -0.760. The van der Waals surface area contributed by atoms with Crippen molar-refractivity contribution in [2.24, 2.45) is 11.8 Å². The van der Waals surface area contributed by atoms with E-state index in [0.717, 1.165) is 22.5 Å². The summed E-state index contributed by atoms with van der Waals surface area (Å²) >= 11 is 6.27. The minimum Gasteiger partial charge on any atom is -0.380 e. The van der Waals surface area contributed by atoms with E-state index in [9.17, 15) is 0 Å². The van der Waals surface area contributed by atoms with Gasteiger partial charge >= 0.3 is 0 Å². The van der Waals surface area contributed by atoms with Gasteiger partial charge in [0.05, 0.1) is 16.9 Å². The normalized spacial score (nSPS) is 28.2. The predicted molar refractivity (Wildman–Crippen MR) is 85.2 cm³/mol. The van der Waals surface area contributed by atoms with Crippen LogP contribution in [0.5, 0.6) is 0 Å². The van der Waals surface area contributed by atoms with Gasteiger partial charge in [-0.1, -0.05) is 56.5 Å². The van der Waals surface area contributed by atoms with Crippen molar-refractivity contribution >= 4 is 17.3 Å². The van der Waals surface area contributed by atoms with Crippen LogP contribution in [0.4, 0.5) is 5.69 Å². The third-order valence-electron chi connectivity index (χ3n) is 5.18. The minimum atomic E-state index is 0.591. The van der Waals surface area contributed by atoms with Crippen molar-refractivity contribution in [2.75, 3.05) is 5.32 Å². The van der Waals surface area contributed by atoms with E-state index in [4.69, 9.17) is 11.6 Å². The van der Waals surface area contributed by atoms with Crippen LogP contribution >= 0.6 is 11.6 Å². The topological polar surface area (TPSA) is 24.9 Å². The molecule has 1 heterocycles. The van der Waals surface area contributed by atoms with Gasteiger partial charge in [0.25, 0.3) is 0 Å². The van der Waals surface area contributed by atoms with Crippen molar-refractivity contribution in [1.29, 1.82) is 0 Å². The average molecular weight is 293 g/mol. The van der Waals surface area contributed by atoms with Crippen molar-refractivity contribution in [3.63, 3.8) is 0 Å². The predicted octanol–water partition coefficient (Wildman–Crippen LogP) is 5.29. The first-order valence-electron chi connectivity index (χ1n) is 8.20. The highest BCUT2D eigenvalue weighted by Crippen LogP contribution is 2.39. The third kappa shape index (κ3) is 3.28. The number of nitrogens with one attached hydrogen (secondary N) is 1. The third-order valence-corrected chi connectivity index (χ3v) is 5.51. The number of rotatable bonds is 3. The Balaban J connectivity index is 1.70. The highest BCUT2D eigenvalue weighted by molar-refractivity contribution is 6.33. The van der Waals surface area contributed by atoms with Gasteiger partial charge in [0, 0.05) is 12.2 Å². The molecular formula is C17H25ClN2. The Kier molecular flexibility index (Phi) is 4.82. The van der Waals surface area contributed by atoms with Crippen LogP contribution in [0.1, 0.15) is 57.8 Å². The fraction of sp³-hybridized carbons (Fsp3) is 0.706. The molecule has 2 nitrogen and oxygen atoms in total. The lowest BCUT2D eigenvalue weighted by Crippen LogP contribution is -2.37. The summed E-state index contributed by atoms with van der Waals surface area (Å²) in [6, 6.07) is 2.47. The lowest BCUT2D eigenvalue weighted by atomic mass is 9.71. The molecule has 0 saturated heterocycles. The van der Waals surface area contributed by atoms with E-state index in [0.29, 0.717) is 6.04 Å². The summed E-state index contributed by atoms with van der Waals surface area (Å²) in [5.74, 6) is 1.76. The molecule has 2 saturated carbocycles. The molecule has 2 unspecified atom stereocenters. The zero-order chi connectivity index (χ0) is 13.8. The molecule has 0 spiro atoms. The standard InChI is InChI=1S/C17H25ClN2/c18-15-10-11-19-12-17(15)20-16-9-5-4-8-14(16)13-6-2-1-3-7-13/h10-14,16,20H,1-9H2. The SMILES string of the molecule is Clc1ccncc1NC1CCCCC1C1CCCCC1. The summed E-state index contributed by atoms with van der Waals surface area (Å²) in [5.41, 5.74) is 1.02. The second-order valence-electron chi connectivity index (χ2n) is 6.45. The van der Waals surface area contributed by atoms with E-state index >= 15 is 0 Å². The molecule has 3 rings (SSSR count). The quantitative estimate of drug-likeness (QED) is 0.819. The molecule has 3 heteroatoms. The van der Waals surface area contributed by atoms with Crippen LogP contribution in [-0.2, 0) is 0 Å². The molecule has 1 aromatic heterocycles. The fourth-order valence-corrected chi connectivity index (χ4v) is 4.31. The molecule has 0 radical (unpaired) electrons. The minimum absolute atomic E-state index is 0.591. The van der Waals surface area contributed by atoms with E-state index in [1.165, 1.54) is 57.8 Å². The number of hydrogen-bond donors (Lipinski definition) is 1. The summed E-state index contributed by atoms with van der Waals surface area (Å²) in [6.45, 7) is 0. The van der Waals surface area contributed by atoms with Gasteiger partial charge in [-0.15, -0.1) is 0 Å². The maximum atomic E-state index is 6.27. The van der Waals surface area contributed by atoms with Gasteiger partial charge in [-0.25, -0.2) is 0 Å². The van der Waals surface area contributed by atoms with Crippen LogP contribution in [0.25, 0.3) is 0 Å². The highest BCUT2D eigenvalue weighted by Gasteiger charge is 2.32. The zero-order valence-corrected chi connectivity index (χ0v) is 12.9. The molecule has 110 valence electrons. The van der Waals surface area contributed by atoms with Crippen LogP contribution in [0.2, 0.25) is 5.02 Å². The molecule has 2 aliphatic carbocycles. The molecule has 0 bridgehead atoms. The number of aromatic nitrogens is 1. The number of nitrogens with zero attached hydrogens (tertiary/aromatic N) is 1. The molecular weight excluding hydrogens is 268 g/mol. The van der Waals surface area contributed by atoms with Crippen molar-refractivity contribution in [3.8, 4) is 0 Å². The van der Waals surface area contributed by atoms with Crippen molar-refractivity contribution in [3.05, 3.63) is 23.5 Å². The van der Waals surface area contributed by atoms with Crippen molar-refractivity contribution < 1.29 is 0 Å². The molecule has 0 aliphatic heterocycles. The Morgan fingerprint density at radius 3 is 2.55 bits per heavy atom. The van der Waals surface area contributed by atoms with Crippen molar-refractivity contribution in [1.82, 2.24) is 4.98 Å². The Morgan fingerprint density at radius 2 is 1.75 bits per heavy atom. The molecule has 20 heavy (non-hydrogen) atoms. The summed E-state index contributed by atoms with van der Waals surface area (Å²) in [6.07, 6.45) is 16.2. The first-order valence-corrected chi connectivity index (χ1v) is 8.58. The van der Waals surface area contributed by atoms with E-state index in [1.54, 1.807) is 6.20 Å². The number of halogens is 1. The van der Waals surface area contributed by atoms with E-state index in [2.05, 4.69) is 10.3 Å². The Bertz CT molecular complexity index is 429. The molecule has 2 atom stereocenters. The number of anilines is 1. The molecule has 0 aromatic carbocycles. The first-order chi connectivity index (χ1) is 9.84. The van der Waals surface area contributed by atoms with Crippen LogP contribution < -0.4 is 5.32 Å². The second-order valence-corrected chi connectivity index (χ2v) is 6.86. The summed E-state index contributed by atoms with van der Waals surface area (Å²) in [4.78, 5) is 4.20.